The molecule has 0 aromatic heterocycles. The molecule has 3 nitrogen and oxygen atoms in total. The maximum absolute atomic E-state index is 12.9. The maximum Gasteiger partial charge on any atom is 0.314 e. The Labute approximate surface area is 156 Å². The predicted octanol–water partition coefficient (Wildman–Crippen LogP) is 5.61. The fourth-order valence-electron chi connectivity index (χ4n) is 4.33. The third kappa shape index (κ3) is 4.09. The number of benzene rings is 2. The second kappa shape index (κ2) is 8.39. The zero-order chi connectivity index (χ0) is 18.5. The first-order valence-electron chi connectivity index (χ1n) is 9.63. The monoisotopic (exact) mass is 352 g/mol. The smallest absolute Gasteiger partial charge is 0.314 e. The number of carbonyl (C=O) groups is 1. The lowest BCUT2D eigenvalue weighted by molar-refractivity contribution is -0.139. The first kappa shape index (κ1) is 18.5. The molecular formula is C23H28O3. The third-order valence-electron chi connectivity index (χ3n) is 5.66. The van der Waals surface area contributed by atoms with E-state index < -0.39 is 0 Å². The Morgan fingerprint density at radius 2 is 1.73 bits per heavy atom. The van der Waals surface area contributed by atoms with E-state index in [4.69, 9.17) is 4.74 Å². The van der Waals surface area contributed by atoms with Crippen molar-refractivity contribution in [3.05, 3.63) is 59.7 Å². The standard InChI is InChI=1S/C23H28O3/c1-16-10-9-15-20(24)21(16)22(18-11-5-3-6-12-18)17(2)23(25)26-19-13-7-4-8-14-19/h4,7-10,13-15,17-18,22,24H,3,5-6,11-12H2,1-2H3/t17-,22+/m1/s1. The van der Waals surface area contributed by atoms with Crippen molar-refractivity contribution >= 4 is 5.97 Å². The molecule has 0 aliphatic heterocycles. The Hall–Kier alpha value is -2.29. The van der Waals surface area contributed by atoms with Crippen LogP contribution in [0.1, 0.15) is 56.1 Å². The van der Waals surface area contributed by atoms with Gasteiger partial charge < -0.3 is 9.84 Å². The fourth-order valence-corrected chi connectivity index (χ4v) is 4.33. The topological polar surface area (TPSA) is 46.5 Å². The molecule has 138 valence electrons. The lowest BCUT2D eigenvalue weighted by Gasteiger charge is -2.35. The first-order chi connectivity index (χ1) is 12.6. The highest BCUT2D eigenvalue weighted by molar-refractivity contribution is 5.76. The Kier molecular flexibility index (Phi) is 5.97. The van der Waals surface area contributed by atoms with Gasteiger partial charge in [-0.25, -0.2) is 0 Å². The first-order valence-corrected chi connectivity index (χ1v) is 9.63. The van der Waals surface area contributed by atoms with Gasteiger partial charge in [0, 0.05) is 11.5 Å². The van der Waals surface area contributed by atoms with E-state index >= 15 is 0 Å². The molecule has 2 aromatic carbocycles. The predicted molar refractivity (Wildman–Crippen MR) is 103 cm³/mol. The summed E-state index contributed by atoms with van der Waals surface area (Å²) in [6.45, 7) is 3.95. The highest BCUT2D eigenvalue weighted by atomic mass is 16.5. The molecule has 26 heavy (non-hydrogen) atoms. The van der Waals surface area contributed by atoms with Crippen LogP contribution in [-0.4, -0.2) is 11.1 Å². The van der Waals surface area contributed by atoms with Crippen molar-refractivity contribution in [1.29, 1.82) is 0 Å². The van der Waals surface area contributed by atoms with E-state index in [0.717, 1.165) is 24.0 Å². The van der Waals surface area contributed by atoms with E-state index in [1.165, 1.54) is 19.3 Å². The van der Waals surface area contributed by atoms with Crippen LogP contribution in [0, 0.1) is 18.8 Å². The summed E-state index contributed by atoms with van der Waals surface area (Å²) in [5.74, 6) is 0.696. The van der Waals surface area contributed by atoms with Crippen molar-refractivity contribution in [3.8, 4) is 11.5 Å². The highest BCUT2D eigenvalue weighted by Gasteiger charge is 2.36. The lowest BCUT2D eigenvalue weighted by Crippen LogP contribution is -2.30. The van der Waals surface area contributed by atoms with Crippen LogP contribution < -0.4 is 4.74 Å². The second-order valence-electron chi connectivity index (χ2n) is 7.45. The minimum atomic E-state index is -0.315. The molecule has 0 amide bonds. The fraction of sp³-hybridized carbons (Fsp3) is 0.435. The summed E-state index contributed by atoms with van der Waals surface area (Å²) >= 11 is 0. The molecule has 0 bridgehead atoms. The number of para-hydroxylation sites is 1. The quantitative estimate of drug-likeness (QED) is 0.562. The van der Waals surface area contributed by atoms with Crippen LogP contribution in [0.2, 0.25) is 0 Å². The molecule has 0 unspecified atom stereocenters. The van der Waals surface area contributed by atoms with Crippen LogP contribution in [0.5, 0.6) is 11.5 Å². The van der Waals surface area contributed by atoms with Gasteiger partial charge in [-0.1, -0.05) is 56.5 Å². The van der Waals surface area contributed by atoms with Gasteiger partial charge in [0.1, 0.15) is 11.5 Å². The van der Waals surface area contributed by atoms with E-state index in [1.807, 2.05) is 44.2 Å². The number of aryl methyl sites for hydroxylation is 1. The number of phenols is 1. The number of esters is 1. The van der Waals surface area contributed by atoms with E-state index in [0.29, 0.717) is 17.4 Å². The van der Waals surface area contributed by atoms with Crippen molar-refractivity contribution < 1.29 is 14.6 Å². The molecule has 3 rings (SSSR count). The number of hydrogen-bond donors (Lipinski definition) is 1. The maximum atomic E-state index is 12.9. The van der Waals surface area contributed by atoms with Gasteiger partial charge in [-0.15, -0.1) is 0 Å². The van der Waals surface area contributed by atoms with E-state index in [9.17, 15) is 9.90 Å². The Balaban J connectivity index is 1.90. The molecule has 1 fully saturated rings. The van der Waals surface area contributed by atoms with Crippen molar-refractivity contribution in [3.63, 3.8) is 0 Å². The van der Waals surface area contributed by atoms with Crippen LogP contribution >= 0.6 is 0 Å². The summed E-state index contributed by atoms with van der Waals surface area (Å²) in [6.07, 6.45) is 5.83. The summed E-state index contributed by atoms with van der Waals surface area (Å²) in [5.41, 5.74) is 1.96. The molecule has 0 heterocycles. The Morgan fingerprint density at radius 1 is 1.04 bits per heavy atom. The summed E-state index contributed by atoms with van der Waals surface area (Å²) in [5, 5.41) is 10.6. The van der Waals surface area contributed by atoms with Gasteiger partial charge in [0.25, 0.3) is 0 Å². The summed E-state index contributed by atoms with van der Waals surface area (Å²) in [7, 11) is 0. The van der Waals surface area contributed by atoms with Gasteiger partial charge in [-0.3, -0.25) is 4.79 Å². The van der Waals surface area contributed by atoms with E-state index in [1.54, 1.807) is 18.2 Å². The number of hydrogen-bond acceptors (Lipinski definition) is 3. The van der Waals surface area contributed by atoms with Crippen LogP contribution in [0.25, 0.3) is 0 Å². The van der Waals surface area contributed by atoms with Gasteiger partial charge >= 0.3 is 5.97 Å². The molecule has 3 heteroatoms. The van der Waals surface area contributed by atoms with Crippen LogP contribution in [-0.2, 0) is 4.79 Å². The van der Waals surface area contributed by atoms with Crippen molar-refractivity contribution in [2.45, 2.75) is 51.9 Å². The van der Waals surface area contributed by atoms with Crippen LogP contribution in [0.15, 0.2) is 48.5 Å². The molecule has 2 aromatic rings. The zero-order valence-electron chi connectivity index (χ0n) is 15.7. The minimum Gasteiger partial charge on any atom is -0.508 e. The van der Waals surface area contributed by atoms with Gasteiger partial charge in [0.2, 0.25) is 0 Å². The normalized spacial score (nSPS) is 17.5. The number of rotatable bonds is 5. The number of carbonyl (C=O) groups excluding carboxylic acids is 1. The van der Waals surface area contributed by atoms with Gasteiger partial charge in [0.05, 0.1) is 5.92 Å². The van der Waals surface area contributed by atoms with E-state index in [-0.39, 0.29) is 17.8 Å². The van der Waals surface area contributed by atoms with Crippen molar-refractivity contribution in [2.75, 3.05) is 0 Å². The number of phenolic OH excluding ortho intramolecular Hbond substituents is 1. The SMILES string of the molecule is Cc1cccc(O)c1[C@H](C1CCCCC1)[C@@H](C)C(=O)Oc1ccccc1. The van der Waals surface area contributed by atoms with Crippen molar-refractivity contribution in [1.82, 2.24) is 0 Å². The highest BCUT2D eigenvalue weighted by Crippen LogP contribution is 2.45. The zero-order valence-corrected chi connectivity index (χ0v) is 15.7. The molecular weight excluding hydrogens is 324 g/mol. The minimum absolute atomic E-state index is 0.0206. The Morgan fingerprint density at radius 3 is 2.38 bits per heavy atom. The molecule has 1 saturated carbocycles. The van der Waals surface area contributed by atoms with Gasteiger partial charge in [-0.05, 0) is 49.4 Å². The summed E-state index contributed by atoms with van der Waals surface area (Å²) in [4.78, 5) is 12.9. The van der Waals surface area contributed by atoms with E-state index in [2.05, 4.69) is 0 Å². The Bertz CT molecular complexity index is 712. The summed E-state index contributed by atoms with van der Waals surface area (Å²) < 4.78 is 5.63. The third-order valence-corrected chi connectivity index (χ3v) is 5.66. The molecule has 0 saturated heterocycles. The van der Waals surface area contributed by atoms with Crippen molar-refractivity contribution in [2.24, 2.45) is 11.8 Å². The van der Waals surface area contributed by atoms with Crippen LogP contribution in [0.4, 0.5) is 0 Å². The summed E-state index contributed by atoms with van der Waals surface area (Å²) in [6, 6.07) is 14.8. The van der Waals surface area contributed by atoms with Crippen LogP contribution in [0.3, 0.4) is 0 Å². The molecule has 1 aliphatic carbocycles. The number of aromatic hydroxyl groups is 1. The molecule has 1 N–H and O–H groups in total. The van der Waals surface area contributed by atoms with Gasteiger partial charge in [-0.2, -0.15) is 0 Å². The van der Waals surface area contributed by atoms with Gasteiger partial charge in [0.15, 0.2) is 0 Å². The lowest BCUT2D eigenvalue weighted by atomic mass is 9.70. The average Bonchev–Trinajstić information content (AvgIpc) is 2.66. The second-order valence-corrected chi connectivity index (χ2v) is 7.45. The molecule has 1 aliphatic rings. The average molecular weight is 352 g/mol. The number of ether oxygens (including phenoxy) is 1. The molecule has 0 radical (unpaired) electrons. The molecule has 0 spiro atoms. The largest absolute Gasteiger partial charge is 0.508 e. The molecule has 2 atom stereocenters.